The van der Waals surface area contributed by atoms with E-state index in [1.54, 1.807) is 0 Å². The molecule has 2 heterocycles. The van der Waals surface area contributed by atoms with Crippen LogP contribution in [-0.4, -0.2) is 40.9 Å². The molecule has 0 bridgehead atoms. The first-order valence-electron chi connectivity index (χ1n) is 8.39. The fourth-order valence-corrected chi connectivity index (χ4v) is 3.34. The fourth-order valence-electron chi connectivity index (χ4n) is 3.34. The molecule has 22 heavy (non-hydrogen) atoms. The van der Waals surface area contributed by atoms with Gasteiger partial charge in [-0.05, 0) is 67.2 Å². The first-order valence-corrected chi connectivity index (χ1v) is 8.39. The Labute approximate surface area is 134 Å². The van der Waals surface area contributed by atoms with Crippen molar-refractivity contribution in [2.45, 2.75) is 96.4 Å². The van der Waals surface area contributed by atoms with Gasteiger partial charge in [-0.2, -0.15) is 0 Å². The second-order valence-electron chi connectivity index (χ2n) is 7.95. The van der Waals surface area contributed by atoms with Gasteiger partial charge >= 0.3 is 0 Å². The van der Waals surface area contributed by atoms with Gasteiger partial charge in [0.1, 0.15) is 6.10 Å². The highest BCUT2D eigenvalue weighted by Gasteiger charge is 2.52. The van der Waals surface area contributed by atoms with Crippen molar-refractivity contribution in [1.82, 2.24) is 0 Å². The molecule has 4 nitrogen and oxygen atoms in total. The monoisotopic (exact) mass is 312 g/mol. The summed E-state index contributed by atoms with van der Waals surface area (Å²) in [6.45, 7) is 12.5. The van der Waals surface area contributed by atoms with Crippen LogP contribution >= 0.6 is 0 Å². The van der Waals surface area contributed by atoms with E-state index in [4.69, 9.17) is 14.2 Å². The molecule has 2 saturated heterocycles. The minimum atomic E-state index is -0.807. The first kappa shape index (κ1) is 17.9. The quantitative estimate of drug-likeness (QED) is 0.788. The number of allylic oxidation sites excluding steroid dienone is 2. The van der Waals surface area contributed by atoms with Gasteiger partial charge in [-0.1, -0.05) is 11.6 Å². The molecule has 0 unspecified atom stereocenters. The standard InChI is InChI=1S/C18H32O4/c1-13(2)8-7-10-17(5,19)14-9-11-18(6,22-14)15-12-20-16(3,4)21-15/h8,14-15,19H,7,9-12H2,1-6H3/t14-,15+,17+,18-/m1/s1. The zero-order valence-electron chi connectivity index (χ0n) is 14.9. The maximum Gasteiger partial charge on any atom is 0.163 e. The van der Waals surface area contributed by atoms with Crippen LogP contribution in [0.25, 0.3) is 0 Å². The zero-order valence-corrected chi connectivity index (χ0v) is 14.9. The predicted molar refractivity (Wildman–Crippen MR) is 86.7 cm³/mol. The number of hydrogen-bond acceptors (Lipinski definition) is 4. The van der Waals surface area contributed by atoms with Crippen molar-refractivity contribution in [1.29, 1.82) is 0 Å². The minimum absolute atomic E-state index is 0.0684. The molecular weight excluding hydrogens is 280 g/mol. The maximum absolute atomic E-state index is 10.8. The van der Waals surface area contributed by atoms with Crippen molar-refractivity contribution in [3.63, 3.8) is 0 Å². The molecule has 4 atom stereocenters. The Kier molecular flexibility index (Phi) is 5.08. The number of aliphatic hydroxyl groups is 1. The summed E-state index contributed by atoms with van der Waals surface area (Å²) in [7, 11) is 0. The lowest BCUT2D eigenvalue weighted by Crippen LogP contribution is -2.46. The summed E-state index contributed by atoms with van der Waals surface area (Å²) in [6.07, 6.45) is 5.29. The highest BCUT2D eigenvalue weighted by atomic mass is 16.8. The molecule has 4 heteroatoms. The van der Waals surface area contributed by atoms with Crippen LogP contribution in [0.3, 0.4) is 0 Å². The van der Waals surface area contributed by atoms with E-state index in [2.05, 4.69) is 26.8 Å². The van der Waals surface area contributed by atoms with E-state index in [1.165, 1.54) is 5.57 Å². The van der Waals surface area contributed by atoms with E-state index in [0.717, 1.165) is 19.3 Å². The van der Waals surface area contributed by atoms with Gasteiger partial charge in [0.05, 0.1) is 23.9 Å². The third kappa shape index (κ3) is 4.10. The maximum atomic E-state index is 10.8. The Morgan fingerprint density at radius 2 is 1.95 bits per heavy atom. The molecule has 0 aromatic carbocycles. The Hall–Kier alpha value is -0.420. The predicted octanol–water partition coefficient (Wildman–Crippen LogP) is 3.57. The molecule has 2 fully saturated rings. The van der Waals surface area contributed by atoms with Gasteiger partial charge in [0.2, 0.25) is 0 Å². The normalized spacial score (nSPS) is 37.0. The smallest absolute Gasteiger partial charge is 0.163 e. The van der Waals surface area contributed by atoms with E-state index in [1.807, 2.05) is 20.8 Å². The van der Waals surface area contributed by atoms with Crippen LogP contribution in [0.15, 0.2) is 11.6 Å². The number of ether oxygens (including phenoxy) is 3. The fraction of sp³-hybridized carbons (Fsp3) is 0.889. The molecule has 2 aliphatic rings. The molecule has 0 aromatic rings. The second kappa shape index (κ2) is 6.23. The summed E-state index contributed by atoms with van der Waals surface area (Å²) in [5.74, 6) is -0.541. The lowest BCUT2D eigenvalue weighted by molar-refractivity contribution is -0.192. The third-order valence-corrected chi connectivity index (χ3v) is 4.90. The van der Waals surface area contributed by atoms with Crippen molar-refractivity contribution < 1.29 is 19.3 Å². The zero-order chi connectivity index (χ0) is 16.6. The summed E-state index contributed by atoms with van der Waals surface area (Å²) >= 11 is 0. The van der Waals surface area contributed by atoms with Crippen molar-refractivity contribution in [2.24, 2.45) is 0 Å². The SMILES string of the molecule is CC(C)=CCC[C@](C)(O)[C@H]1CC[C@](C)([C@@H]2COC(C)(C)O2)O1. The molecule has 0 amide bonds. The van der Waals surface area contributed by atoms with E-state index in [0.29, 0.717) is 13.0 Å². The van der Waals surface area contributed by atoms with Crippen LogP contribution in [-0.2, 0) is 14.2 Å². The van der Waals surface area contributed by atoms with Crippen molar-refractivity contribution in [3.05, 3.63) is 11.6 Å². The summed E-state index contributed by atoms with van der Waals surface area (Å²) < 4.78 is 17.9. The minimum Gasteiger partial charge on any atom is -0.387 e. The van der Waals surface area contributed by atoms with E-state index < -0.39 is 11.4 Å². The van der Waals surface area contributed by atoms with Gasteiger partial charge < -0.3 is 19.3 Å². The summed E-state index contributed by atoms with van der Waals surface area (Å²) in [6, 6.07) is 0. The van der Waals surface area contributed by atoms with Crippen LogP contribution in [0.1, 0.15) is 67.2 Å². The average molecular weight is 312 g/mol. The molecule has 0 radical (unpaired) electrons. The van der Waals surface area contributed by atoms with Crippen LogP contribution in [0, 0.1) is 0 Å². The number of hydrogen-bond donors (Lipinski definition) is 1. The molecule has 0 saturated carbocycles. The van der Waals surface area contributed by atoms with Crippen molar-refractivity contribution in [2.75, 3.05) is 6.61 Å². The van der Waals surface area contributed by atoms with E-state index in [-0.39, 0.29) is 17.8 Å². The number of rotatable bonds is 5. The van der Waals surface area contributed by atoms with Crippen LogP contribution in [0.5, 0.6) is 0 Å². The average Bonchev–Trinajstić information content (AvgIpc) is 2.93. The van der Waals surface area contributed by atoms with Gasteiger partial charge in [-0.15, -0.1) is 0 Å². The molecular formula is C18H32O4. The van der Waals surface area contributed by atoms with Gasteiger partial charge in [-0.25, -0.2) is 0 Å². The Morgan fingerprint density at radius 1 is 1.27 bits per heavy atom. The molecule has 128 valence electrons. The molecule has 2 aliphatic heterocycles. The van der Waals surface area contributed by atoms with Gasteiger partial charge in [0.15, 0.2) is 5.79 Å². The Morgan fingerprint density at radius 3 is 2.50 bits per heavy atom. The van der Waals surface area contributed by atoms with Crippen molar-refractivity contribution >= 4 is 0 Å². The van der Waals surface area contributed by atoms with Gasteiger partial charge in [0, 0.05) is 0 Å². The van der Waals surface area contributed by atoms with E-state index >= 15 is 0 Å². The molecule has 0 spiro atoms. The highest BCUT2D eigenvalue weighted by molar-refractivity contribution is 5.01. The van der Waals surface area contributed by atoms with Gasteiger partial charge in [0.25, 0.3) is 0 Å². The van der Waals surface area contributed by atoms with Crippen molar-refractivity contribution in [3.8, 4) is 0 Å². The molecule has 0 aliphatic carbocycles. The van der Waals surface area contributed by atoms with Crippen LogP contribution in [0.2, 0.25) is 0 Å². The summed E-state index contributed by atoms with van der Waals surface area (Å²) in [5, 5.41) is 10.8. The van der Waals surface area contributed by atoms with Crippen LogP contribution < -0.4 is 0 Å². The largest absolute Gasteiger partial charge is 0.387 e. The summed E-state index contributed by atoms with van der Waals surface area (Å²) in [5.41, 5.74) is 0.101. The van der Waals surface area contributed by atoms with Gasteiger partial charge in [-0.3, -0.25) is 0 Å². The summed E-state index contributed by atoms with van der Waals surface area (Å²) in [4.78, 5) is 0. The Bertz CT molecular complexity index is 423. The third-order valence-electron chi connectivity index (χ3n) is 4.90. The molecule has 0 aromatic heterocycles. The van der Waals surface area contributed by atoms with E-state index in [9.17, 15) is 5.11 Å². The highest BCUT2D eigenvalue weighted by Crippen LogP contribution is 2.42. The molecule has 2 rings (SSSR count). The van der Waals surface area contributed by atoms with Crippen LogP contribution in [0.4, 0.5) is 0 Å². The lowest BCUT2D eigenvalue weighted by Gasteiger charge is -2.35. The second-order valence-corrected chi connectivity index (χ2v) is 7.95. The first-order chi connectivity index (χ1) is 10.0. The lowest BCUT2D eigenvalue weighted by atomic mass is 9.90. The Balaban J connectivity index is 1.95. The topological polar surface area (TPSA) is 47.9 Å². The molecule has 1 N–H and O–H groups in total.